The second kappa shape index (κ2) is 5.09. The Bertz CT molecular complexity index is 728. The molecule has 1 heterocycles. The molecular formula is C13H15N3O3. The van der Waals surface area contributed by atoms with Crippen molar-refractivity contribution in [2.75, 3.05) is 14.1 Å². The maximum atomic E-state index is 11.8. The number of rotatable bonds is 3. The van der Waals surface area contributed by atoms with Crippen LogP contribution in [-0.2, 0) is 11.3 Å². The molecule has 1 N–H and O–H groups in total. The van der Waals surface area contributed by atoms with Crippen LogP contribution in [0.5, 0.6) is 0 Å². The first-order valence-electron chi connectivity index (χ1n) is 5.92. The third-order valence-corrected chi connectivity index (χ3v) is 2.95. The average Bonchev–Trinajstić information content (AvgIpc) is 2.38. The van der Waals surface area contributed by atoms with Crippen LogP contribution in [-0.4, -0.2) is 34.5 Å². The summed E-state index contributed by atoms with van der Waals surface area (Å²) in [6.07, 6.45) is 0.211. The standard InChI is InChI=1S/C13H15N3O3/c1-15(2)11(17)7-8-16-10-6-4-3-5-9(10)12(18)14-13(16)19/h3-6H,7-8H2,1-2H3,(H,14,18,19). The second-order valence-corrected chi connectivity index (χ2v) is 4.47. The topological polar surface area (TPSA) is 75.2 Å². The number of carbonyl (C=O) groups excluding carboxylic acids is 1. The normalized spacial score (nSPS) is 10.6. The molecule has 0 bridgehead atoms. The van der Waals surface area contributed by atoms with Gasteiger partial charge in [0.2, 0.25) is 5.91 Å². The summed E-state index contributed by atoms with van der Waals surface area (Å²) in [6, 6.07) is 6.84. The number of nitrogens with one attached hydrogen (secondary N) is 1. The van der Waals surface area contributed by atoms with Crippen LogP contribution in [0.15, 0.2) is 33.9 Å². The minimum absolute atomic E-state index is 0.0674. The van der Waals surface area contributed by atoms with Crippen LogP contribution >= 0.6 is 0 Å². The van der Waals surface area contributed by atoms with E-state index in [1.54, 1.807) is 38.4 Å². The molecule has 0 fully saturated rings. The number of para-hydroxylation sites is 1. The number of nitrogens with zero attached hydrogens (tertiary/aromatic N) is 2. The molecule has 0 spiro atoms. The molecule has 0 aliphatic rings. The van der Waals surface area contributed by atoms with Gasteiger partial charge in [0.05, 0.1) is 10.9 Å². The van der Waals surface area contributed by atoms with Crippen LogP contribution in [0, 0.1) is 0 Å². The summed E-state index contributed by atoms with van der Waals surface area (Å²) in [6.45, 7) is 0.243. The number of benzene rings is 1. The summed E-state index contributed by atoms with van der Waals surface area (Å²) < 4.78 is 1.41. The Morgan fingerprint density at radius 3 is 2.63 bits per heavy atom. The number of amides is 1. The number of carbonyl (C=O) groups is 1. The van der Waals surface area contributed by atoms with Gasteiger partial charge in [0.25, 0.3) is 5.56 Å². The molecule has 0 saturated heterocycles. The van der Waals surface area contributed by atoms with E-state index >= 15 is 0 Å². The third kappa shape index (κ3) is 2.57. The Hall–Kier alpha value is -2.37. The smallest absolute Gasteiger partial charge is 0.328 e. The fourth-order valence-corrected chi connectivity index (χ4v) is 1.90. The van der Waals surface area contributed by atoms with E-state index in [1.165, 1.54) is 9.47 Å². The first-order chi connectivity index (χ1) is 9.00. The molecule has 0 aliphatic carbocycles. The molecule has 0 saturated carbocycles. The number of aryl methyl sites for hydroxylation is 1. The molecule has 0 atom stereocenters. The Morgan fingerprint density at radius 2 is 1.95 bits per heavy atom. The molecule has 19 heavy (non-hydrogen) atoms. The van der Waals surface area contributed by atoms with Crippen molar-refractivity contribution >= 4 is 16.8 Å². The van der Waals surface area contributed by atoms with Gasteiger partial charge in [-0.2, -0.15) is 0 Å². The maximum absolute atomic E-state index is 11.8. The van der Waals surface area contributed by atoms with Gasteiger partial charge < -0.3 is 4.90 Å². The quantitative estimate of drug-likeness (QED) is 0.855. The summed E-state index contributed by atoms with van der Waals surface area (Å²) in [7, 11) is 3.33. The van der Waals surface area contributed by atoms with Crippen LogP contribution in [0.2, 0.25) is 0 Å². The Kier molecular flexibility index (Phi) is 3.50. The van der Waals surface area contributed by atoms with E-state index in [4.69, 9.17) is 0 Å². The number of aromatic amines is 1. The van der Waals surface area contributed by atoms with Crippen molar-refractivity contribution in [2.45, 2.75) is 13.0 Å². The van der Waals surface area contributed by atoms with Gasteiger partial charge in [-0.05, 0) is 12.1 Å². The molecule has 6 heteroatoms. The predicted molar refractivity (Wildman–Crippen MR) is 72.1 cm³/mol. The van der Waals surface area contributed by atoms with Crippen molar-refractivity contribution in [2.24, 2.45) is 0 Å². The molecule has 0 aliphatic heterocycles. The highest BCUT2D eigenvalue weighted by atomic mass is 16.2. The first-order valence-corrected chi connectivity index (χ1v) is 5.92. The van der Waals surface area contributed by atoms with Crippen LogP contribution in [0.25, 0.3) is 10.9 Å². The van der Waals surface area contributed by atoms with Crippen LogP contribution in [0.3, 0.4) is 0 Å². The lowest BCUT2D eigenvalue weighted by Gasteiger charge is -2.12. The molecular weight excluding hydrogens is 246 g/mol. The molecule has 1 amide bonds. The first kappa shape index (κ1) is 13.1. The van der Waals surface area contributed by atoms with Crippen molar-refractivity contribution in [3.8, 4) is 0 Å². The predicted octanol–water partition coefficient (Wildman–Crippen LogP) is 0.168. The summed E-state index contributed by atoms with van der Waals surface area (Å²) in [5.74, 6) is -0.0674. The Balaban J connectivity index is 2.46. The fourth-order valence-electron chi connectivity index (χ4n) is 1.90. The molecule has 2 aromatic rings. The van der Waals surface area contributed by atoms with E-state index in [2.05, 4.69) is 4.98 Å². The summed E-state index contributed by atoms with van der Waals surface area (Å²) in [5.41, 5.74) is -0.353. The number of hydrogen-bond acceptors (Lipinski definition) is 3. The van der Waals surface area contributed by atoms with Crippen molar-refractivity contribution in [1.29, 1.82) is 0 Å². The molecule has 2 rings (SSSR count). The number of H-pyrrole nitrogens is 1. The lowest BCUT2D eigenvalue weighted by Crippen LogP contribution is -2.32. The second-order valence-electron chi connectivity index (χ2n) is 4.47. The largest absolute Gasteiger partial charge is 0.349 e. The van der Waals surface area contributed by atoms with E-state index in [0.29, 0.717) is 10.9 Å². The highest BCUT2D eigenvalue weighted by Gasteiger charge is 2.09. The highest BCUT2D eigenvalue weighted by Crippen LogP contribution is 2.07. The van der Waals surface area contributed by atoms with Gasteiger partial charge in [-0.1, -0.05) is 12.1 Å². The van der Waals surface area contributed by atoms with Crippen LogP contribution < -0.4 is 11.2 Å². The third-order valence-electron chi connectivity index (χ3n) is 2.95. The number of fused-ring (bicyclic) bond motifs is 1. The molecule has 1 aromatic carbocycles. The summed E-state index contributed by atoms with van der Waals surface area (Å²) >= 11 is 0. The van der Waals surface area contributed by atoms with Gasteiger partial charge in [-0.3, -0.25) is 19.1 Å². The Morgan fingerprint density at radius 1 is 1.26 bits per heavy atom. The number of hydrogen-bond donors (Lipinski definition) is 1. The molecule has 6 nitrogen and oxygen atoms in total. The van der Waals surface area contributed by atoms with Gasteiger partial charge in [0, 0.05) is 27.1 Å². The van der Waals surface area contributed by atoms with Crippen LogP contribution in [0.1, 0.15) is 6.42 Å². The SMILES string of the molecule is CN(C)C(=O)CCn1c(=O)[nH]c(=O)c2ccccc21. The van der Waals surface area contributed by atoms with Gasteiger partial charge >= 0.3 is 5.69 Å². The van der Waals surface area contributed by atoms with E-state index in [-0.39, 0.29) is 18.9 Å². The minimum Gasteiger partial charge on any atom is -0.349 e. The van der Waals surface area contributed by atoms with E-state index in [9.17, 15) is 14.4 Å². The number of aromatic nitrogens is 2. The highest BCUT2D eigenvalue weighted by molar-refractivity contribution is 5.78. The van der Waals surface area contributed by atoms with Crippen molar-refractivity contribution in [3.63, 3.8) is 0 Å². The lowest BCUT2D eigenvalue weighted by molar-refractivity contribution is -0.128. The van der Waals surface area contributed by atoms with Crippen molar-refractivity contribution in [3.05, 3.63) is 45.1 Å². The molecule has 100 valence electrons. The van der Waals surface area contributed by atoms with Gasteiger partial charge in [-0.25, -0.2) is 4.79 Å². The minimum atomic E-state index is -0.491. The van der Waals surface area contributed by atoms with E-state index in [0.717, 1.165) is 0 Å². The van der Waals surface area contributed by atoms with Gasteiger partial charge in [0.15, 0.2) is 0 Å². The monoisotopic (exact) mass is 261 g/mol. The molecule has 0 radical (unpaired) electrons. The van der Waals surface area contributed by atoms with Crippen molar-refractivity contribution in [1.82, 2.24) is 14.5 Å². The fraction of sp³-hybridized carbons (Fsp3) is 0.308. The summed E-state index contributed by atoms with van der Waals surface area (Å²) in [4.78, 5) is 38.8. The van der Waals surface area contributed by atoms with E-state index in [1.807, 2.05) is 0 Å². The van der Waals surface area contributed by atoms with E-state index < -0.39 is 11.2 Å². The maximum Gasteiger partial charge on any atom is 0.328 e. The van der Waals surface area contributed by atoms with Gasteiger partial charge in [-0.15, -0.1) is 0 Å². The zero-order valence-corrected chi connectivity index (χ0v) is 10.8. The summed E-state index contributed by atoms with van der Waals surface area (Å²) in [5, 5.41) is 0.444. The average molecular weight is 261 g/mol. The molecule has 0 unspecified atom stereocenters. The lowest BCUT2D eigenvalue weighted by atomic mass is 10.2. The Labute approximate surface area is 109 Å². The molecule has 1 aromatic heterocycles. The zero-order valence-electron chi connectivity index (χ0n) is 10.8. The van der Waals surface area contributed by atoms with Crippen molar-refractivity contribution < 1.29 is 4.79 Å². The van der Waals surface area contributed by atoms with Gasteiger partial charge in [0.1, 0.15) is 0 Å². The van der Waals surface area contributed by atoms with Crippen LogP contribution in [0.4, 0.5) is 0 Å². The zero-order chi connectivity index (χ0) is 14.0.